The predicted octanol–water partition coefficient (Wildman–Crippen LogP) is 5.43. The maximum absolute atomic E-state index is 13.8. The Hall–Kier alpha value is -2.94. The third-order valence-corrected chi connectivity index (χ3v) is 5.37. The molecule has 1 aliphatic rings. The maximum atomic E-state index is 13.8. The largest absolute Gasteiger partial charge is 0.326 e. The summed E-state index contributed by atoms with van der Waals surface area (Å²) in [5.41, 5.74) is 2.71. The average Bonchev–Trinajstić information content (AvgIpc) is 3.00. The molecule has 2 heterocycles. The number of hydrogen-bond donors (Lipinski definition) is 1. The van der Waals surface area contributed by atoms with Crippen LogP contribution in [0.5, 0.6) is 0 Å². The van der Waals surface area contributed by atoms with E-state index in [1.165, 1.54) is 11.1 Å². The van der Waals surface area contributed by atoms with E-state index < -0.39 is 23.3 Å². The van der Waals surface area contributed by atoms with E-state index in [0.717, 1.165) is 38.6 Å². The number of guanidine groups is 1. The Kier molecular flexibility index (Phi) is 4.99. The number of nitrogens with zero attached hydrogens (tertiary/aromatic N) is 3. The molecular formula is C20H16F4N4S. The molecule has 0 fully saturated rings. The van der Waals surface area contributed by atoms with E-state index in [1.54, 1.807) is 11.3 Å². The van der Waals surface area contributed by atoms with Crippen molar-refractivity contribution < 1.29 is 17.6 Å². The number of aliphatic imine (C=N–C) groups is 1. The summed E-state index contributed by atoms with van der Waals surface area (Å²) in [4.78, 5) is 10.0. The number of aromatic nitrogens is 1. The normalized spacial score (nSPS) is 14.2. The minimum absolute atomic E-state index is 0.0890. The molecule has 0 bridgehead atoms. The monoisotopic (exact) mass is 420 g/mol. The van der Waals surface area contributed by atoms with Gasteiger partial charge in [-0.3, -0.25) is 0 Å². The lowest BCUT2D eigenvalue weighted by Gasteiger charge is -2.27. The molecule has 4 rings (SSSR count). The number of fused-ring (bicyclic) bond motifs is 1. The molecule has 1 aromatic heterocycles. The number of thiazole rings is 1. The second kappa shape index (κ2) is 7.47. The van der Waals surface area contributed by atoms with Crippen molar-refractivity contribution in [2.24, 2.45) is 4.99 Å². The molecule has 0 unspecified atom stereocenters. The van der Waals surface area contributed by atoms with Gasteiger partial charge in [0.15, 0.2) is 17.5 Å². The van der Waals surface area contributed by atoms with Crippen LogP contribution in [0.1, 0.15) is 16.1 Å². The van der Waals surface area contributed by atoms with Crippen LogP contribution in [0.15, 0.2) is 41.3 Å². The zero-order chi connectivity index (χ0) is 20.7. The van der Waals surface area contributed by atoms with Crippen molar-refractivity contribution in [3.63, 3.8) is 0 Å². The number of hydrogen-bond acceptors (Lipinski definition) is 5. The van der Waals surface area contributed by atoms with Crippen molar-refractivity contribution in [3.8, 4) is 0 Å². The molecule has 9 heteroatoms. The van der Waals surface area contributed by atoms with Crippen LogP contribution in [0.4, 0.5) is 23.2 Å². The van der Waals surface area contributed by atoms with Crippen LogP contribution in [0.2, 0.25) is 0 Å². The topological polar surface area (TPSA) is 40.5 Å². The first-order valence-electron chi connectivity index (χ1n) is 8.75. The second-order valence-electron chi connectivity index (χ2n) is 6.71. The average molecular weight is 420 g/mol. The molecule has 150 valence electrons. The molecule has 0 saturated carbocycles. The third kappa shape index (κ3) is 3.95. The van der Waals surface area contributed by atoms with Crippen molar-refractivity contribution in [1.29, 1.82) is 0 Å². The summed E-state index contributed by atoms with van der Waals surface area (Å²) in [6.07, 6.45) is 1.21. The van der Waals surface area contributed by atoms with Gasteiger partial charge in [-0.05, 0) is 49.2 Å². The highest BCUT2D eigenvalue weighted by Crippen LogP contribution is 2.28. The fourth-order valence-electron chi connectivity index (χ4n) is 3.09. The number of halogens is 4. The van der Waals surface area contributed by atoms with Crippen molar-refractivity contribution in [2.75, 3.05) is 11.9 Å². The third-order valence-electron chi connectivity index (χ3n) is 4.43. The lowest BCUT2D eigenvalue weighted by atomic mass is 10.1. The van der Waals surface area contributed by atoms with Gasteiger partial charge in [0.2, 0.25) is 5.96 Å². The fourth-order valence-corrected chi connectivity index (χ4v) is 3.94. The number of anilines is 1. The molecule has 0 amide bonds. The zero-order valence-electron chi connectivity index (χ0n) is 15.6. The molecule has 0 saturated heterocycles. The predicted molar refractivity (Wildman–Crippen MR) is 106 cm³/mol. The van der Waals surface area contributed by atoms with Crippen molar-refractivity contribution >= 4 is 33.2 Å². The number of rotatable bonds is 3. The molecule has 3 aromatic rings. The minimum Gasteiger partial charge on any atom is -0.326 e. The molecule has 1 N–H and O–H groups in total. The zero-order valence-corrected chi connectivity index (χ0v) is 16.4. The molecular weight excluding hydrogens is 404 g/mol. The standard InChI is InChI=1S/C20H16F4N4S/c1-10-3-17-18(29-11(2)26-17)6-16(10)27-20-25-7-13(21)9-28(20)8-12-4-14(22)19(24)15(23)5-12/h3-6,9H,7-8H2,1-2H3,(H,25,27). The van der Waals surface area contributed by atoms with Crippen LogP contribution in [-0.2, 0) is 6.54 Å². The summed E-state index contributed by atoms with van der Waals surface area (Å²) in [6.45, 7) is 3.60. The van der Waals surface area contributed by atoms with E-state index in [0.29, 0.717) is 5.96 Å². The van der Waals surface area contributed by atoms with Crippen LogP contribution in [0.25, 0.3) is 10.2 Å². The number of aryl methyl sites for hydroxylation is 2. The second-order valence-corrected chi connectivity index (χ2v) is 7.94. The van der Waals surface area contributed by atoms with Crippen molar-refractivity contribution in [3.05, 3.63) is 69.9 Å². The molecule has 29 heavy (non-hydrogen) atoms. The Bertz CT molecular complexity index is 1150. The van der Waals surface area contributed by atoms with Gasteiger partial charge in [-0.25, -0.2) is 27.5 Å². The summed E-state index contributed by atoms with van der Waals surface area (Å²) < 4.78 is 55.1. The molecule has 0 radical (unpaired) electrons. The highest BCUT2D eigenvalue weighted by atomic mass is 32.1. The fraction of sp³-hybridized carbons (Fsp3) is 0.200. The maximum Gasteiger partial charge on any atom is 0.203 e. The van der Waals surface area contributed by atoms with Gasteiger partial charge < -0.3 is 10.2 Å². The Morgan fingerprint density at radius 1 is 1.07 bits per heavy atom. The van der Waals surface area contributed by atoms with Gasteiger partial charge in [0.05, 0.1) is 28.3 Å². The summed E-state index contributed by atoms with van der Waals surface area (Å²) in [5, 5.41) is 4.11. The summed E-state index contributed by atoms with van der Waals surface area (Å²) in [6, 6.07) is 5.64. The van der Waals surface area contributed by atoms with Crippen LogP contribution in [0, 0.1) is 31.3 Å². The van der Waals surface area contributed by atoms with Gasteiger partial charge in [-0.15, -0.1) is 11.3 Å². The number of benzene rings is 2. The van der Waals surface area contributed by atoms with Crippen LogP contribution >= 0.6 is 11.3 Å². The van der Waals surface area contributed by atoms with Gasteiger partial charge in [0.25, 0.3) is 0 Å². The van der Waals surface area contributed by atoms with Gasteiger partial charge in [0.1, 0.15) is 5.83 Å². The van der Waals surface area contributed by atoms with Crippen molar-refractivity contribution in [2.45, 2.75) is 20.4 Å². The van der Waals surface area contributed by atoms with Crippen LogP contribution < -0.4 is 5.32 Å². The Labute approximate surface area is 168 Å². The Balaban J connectivity index is 1.63. The van der Waals surface area contributed by atoms with E-state index in [4.69, 9.17) is 0 Å². The first kappa shape index (κ1) is 19.4. The van der Waals surface area contributed by atoms with Gasteiger partial charge in [-0.2, -0.15) is 0 Å². The van der Waals surface area contributed by atoms with Crippen LogP contribution in [0.3, 0.4) is 0 Å². The SMILES string of the molecule is Cc1nc2cc(C)c(NC3=NCC(F)=CN3Cc3cc(F)c(F)c(F)c3)cc2s1. The van der Waals surface area contributed by atoms with Crippen molar-refractivity contribution in [1.82, 2.24) is 9.88 Å². The highest BCUT2D eigenvalue weighted by molar-refractivity contribution is 7.18. The van der Waals surface area contributed by atoms with Gasteiger partial charge in [0, 0.05) is 11.9 Å². The lowest BCUT2D eigenvalue weighted by Crippen LogP contribution is -2.35. The molecule has 0 spiro atoms. The minimum atomic E-state index is -1.54. The number of nitrogens with one attached hydrogen (secondary N) is 1. The lowest BCUT2D eigenvalue weighted by molar-refractivity contribution is 0.438. The first-order valence-corrected chi connectivity index (χ1v) is 9.57. The van der Waals surface area contributed by atoms with E-state index in [9.17, 15) is 17.6 Å². The first-order chi connectivity index (χ1) is 13.8. The highest BCUT2D eigenvalue weighted by Gasteiger charge is 2.19. The van der Waals surface area contributed by atoms with E-state index in [2.05, 4.69) is 15.3 Å². The molecule has 0 atom stereocenters. The summed E-state index contributed by atoms with van der Waals surface area (Å²) in [5.74, 6) is -4.31. The molecule has 0 aliphatic carbocycles. The smallest absolute Gasteiger partial charge is 0.203 e. The quantitative estimate of drug-likeness (QED) is 0.454. The van der Waals surface area contributed by atoms with Gasteiger partial charge in [-0.1, -0.05) is 0 Å². The van der Waals surface area contributed by atoms with E-state index in [1.807, 2.05) is 26.0 Å². The Morgan fingerprint density at radius 2 is 1.79 bits per heavy atom. The summed E-state index contributed by atoms with van der Waals surface area (Å²) >= 11 is 1.55. The van der Waals surface area contributed by atoms with Gasteiger partial charge >= 0.3 is 0 Å². The van der Waals surface area contributed by atoms with Crippen LogP contribution in [-0.4, -0.2) is 22.4 Å². The molecule has 4 nitrogen and oxygen atoms in total. The molecule has 2 aromatic carbocycles. The summed E-state index contributed by atoms with van der Waals surface area (Å²) in [7, 11) is 0. The molecule has 1 aliphatic heterocycles. The van der Waals surface area contributed by atoms with E-state index >= 15 is 0 Å². The Morgan fingerprint density at radius 3 is 2.52 bits per heavy atom. The van der Waals surface area contributed by atoms with E-state index in [-0.39, 0.29) is 18.7 Å².